The number of carbonyl (C=O) groups is 1. The van der Waals surface area contributed by atoms with Crippen LogP contribution in [0.25, 0.3) is 10.9 Å². The Morgan fingerprint density at radius 3 is 2.79 bits per heavy atom. The fourth-order valence-electron chi connectivity index (χ4n) is 2.38. The molecule has 3 rings (SSSR count). The predicted molar refractivity (Wildman–Crippen MR) is 93.6 cm³/mol. The second kappa shape index (κ2) is 7.00. The van der Waals surface area contributed by atoms with Crippen molar-refractivity contribution in [2.24, 2.45) is 0 Å². The van der Waals surface area contributed by atoms with Gasteiger partial charge in [-0.1, -0.05) is 24.3 Å². The van der Waals surface area contributed by atoms with E-state index in [1.54, 1.807) is 19.2 Å². The van der Waals surface area contributed by atoms with Gasteiger partial charge in [-0.25, -0.2) is 4.98 Å². The molecule has 0 radical (unpaired) electrons. The normalized spacial score (nSPS) is 10.4. The number of methoxy groups -OCH3 is 1. The van der Waals surface area contributed by atoms with Gasteiger partial charge in [0, 0.05) is 22.8 Å². The molecule has 0 spiro atoms. The number of pyridine rings is 1. The summed E-state index contributed by atoms with van der Waals surface area (Å²) in [5.74, 6) is 1.03. The van der Waals surface area contributed by atoms with E-state index in [-0.39, 0.29) is 12.5 Å². The van der Waals surface area contributed by atoms with E-state index in [0.717, 1.165) is 16.6 Å². The standard InChI is InChI=1S/C19H18N2O3/c1-13-9-10-14-5-3-8-17(19(14)20-13)24-12-18(22)21-15-6-4-7-16(11-15)23-2/h3-11H,12H2,1-2H3,(H,21,22). The highest BCUT2D eigenvalue weighted by molar-refractivity contribution is 5.92. The van der Waals surface area contributed by atoms with Crippen LogP contribution in [-0.2, 0) is 4.79 Å². The van der Waals surface area contributed by atoms with Gasteiger partial charge >= 0.3 is 0 Å². The fraction of sp³-hybridized carbons (Fsp3) is 0.158. The van der Waals surface area contributed by atoms with Crippen molar-refractivity contribution in [3.05, 3.63) is 60.3 Å². The SMILES string of the molecule is COc1cccc(NC(=O)COc2cccc3ccc(C)nc23)c1. The number of nitrogens with one attached hydrogen (secondary N) is 1. The van der Waals surface area contributed by atoms with Crippen molar-refractivity contribution in [2.45, 2.75) is 6.92 Å². The minimum absolute atomic E-state index is 0.0913. The maximum atomic E-state index is 12.1. The predicted octanol–water partition coefficient (Wildman–Crippen LogP) is 3.57. The van der Waals surface area contributed by atoms with Crippen LogP contribution in [0.1, 0.15) is 5.69 Å². The highest BCUT2D eigenvalue weighted by atomic mass is 16.5. The minimum Gasteiger partial charge on any atom is -0.497 e. The van der Waals surface area contributed by atoms with Gasteiger partial charge in [-0.05, 0) is 31.2 Å². The molecule has 0 aliphatic heterocycles. The number of ether oxygens (including phenoxy) is 2. The van der Waals surface area contributed by atoms with Crippen molar-refractivity contribution >= 4 is 22.5 Å². The van der Waals surface area contributed by atoms with Gasteiger partial charge in [-0.3, -0.25) is 4.79 Å². The molecule has 0 atom stereocenters. The van der Waals surface area contributed by atoms with Gasteiger partial charge in [0.2, 0.25) is 0 Å². The van der Waals surface area contributed by atoms with Crippen LogP contribution in [0.2, 0.25) is 0 Å². The van der Waals surface area contributed by atoms with Crippen molar-refractivity contribution in [3.63, 3.8) is 0 Å². The molecule has 1 aromatic heterocycles. The summed E-state index contributed by atoms with van der Waals surface area (Å²) in [6.07, 6.45) is 0. The molecule has 24 heavy (non-hydrogen) atoms. The van der Waals surface area contributed by atoms with Crippen molar-refractivity contribution in [1.82, 2.24) is 4.98 Å². The van der Waals surface area contributed by atoms with Crippen molar-refractivity contribution in [2.75, 3.05) is 19.0 Å². The number of nitrogens with zero attached hydrogens (tertiary/aromatic N) is 1. The second-order valence-corrected chi connectivity index (χ2v) is 5.35. The Bertz CT molecular complexity index is 877. The minimum atomic E-state index is -0.243. The number of fused-ring (bicyclic) bond motifs is 1. The number of benzene rings is 2. The quantitative estimate of drug-likeness (QED) is 0.780. The number of para-hydroxylation sites is 1. The summed E-state index contributed by atoms with van der Waals surface area (Å²) in [6.45, 7) is 1.83. The lowest BCUT2D eigenvalue weighted by atomic mass is 10.2. The Hall–Kier alpha value is -3.08. The van der Waals surface area contributed by atoms with Crippen LogP contribution < -0.4 is 14.8 Å². The zero-order valence-electron chi connectivity index (χ0n) is 13.6. The number of carbonyl (C=O) groups excluding carboxylic acids is 1. The molecule has 0 fully saturated rings. The summed E-state index contributed by atoms with van der Waals surface area (Å²) in [4.78, 5) is 16.6. The van der Waals surface area contributed by atoms with E-state index in [9.17, 15) is 4.79 Å². The van der Waals surface area contributed by atoms with Gasteiger partial charge < -0.3 is 14.8 Å². The molecule has 5 nitrogen and oxygen atoms in total. The molecule has 0 aliphatic rings. The lowest BCUT2D eigenvalue weighted by Crippen LogP contribution is -2.20. The van der Waals surface area contributed by atoms with E-state index >= 15 is 0 Å². The molecule has 1 N–H and O–H groups in total. The summed E-state index contributed by atoms with van der Waals surface area (Å²) in [6, 6.07) is 16.8. The Kier molecular flexibility index (Phi) is 4.61. The summed E-state index contributed by atoms with van der Waals surface area (Å²) >= 11 is 0. The smallest absolute Gasteiger partial charge is 0.262 e. The topological polar surface area (TPSA) is 60.5 Å². The van der Waals surface area contributed by atoms with Crippen LogP contribution in [0.15, 0.2) is 54.6 Å². The van der Waals surface area contributed by atoms with Crippen LogP contribution in [-0.4, -0.2) is 24.6 Å². The zero-order valence-corrected chi connectivity index (χ0v) is 13.6. The van der Waals surface area contributed by atoms with Gasteiger partial charge in [0.25, 0.3) is 5.91 Å². The molecule has 5 heteroatoms. The molecule has 0 unspecified atom stereocenters. The zero-order chi connectivity index (χ0) is 16.9. The van der Waals surface area contributed by atoms with E-state index < -0.39 is 0 Å². The van der Waals surface area contributed by atoms with Crippen LogP contribution in [0, 0.1) is 6.92 Å². The number of amides is 1. The highest BCUT2D eigenvalue weighted by Crippen LogP contribution is 2.24. The number of rotatable bonds is 5. The molecule has 0 saturated heterocycles. The summed E-state index contributed by atoms with van der Waals surface area (Å²) in [5, 5.41) is 3.76. The number of aromatic nitrogens is 1. The third-order valence-electron chi connectivity index (χ3n) is 3.53. The third-order valence-corrected chi connectivity index (χ3v) is 3.53. The fourth-order valence-corrected chi connectivity index (χ4v) is 2.38. The first-order valence-corrected chi connectivity index (χ1v) is 7.59. The Morgan fingerprint density at radius 2 is 1.96 bits per heavy atom. The van der Waals surface area contributed by atoms with Gasteiger partial charge in [-0.15, -0.1) is 0 Å². The third kappa shape index (κ3) is 3.63. The first-order chi connectivity index (χ1) is 11.7. The van der Waals surface area contributed by atoms with Gasteiger partial charge in [0.1, 0.15) is 17.0 Å². The molecular formula is C19H18N2O3. The highest BCUT2D eigenvalue weighted by Gasteiger charge is 2.08. The first-order valence-electron chi connectivity index (χ1n) is 7.59. The molecule has 0 aliphatic carbocycles. The largest absolute Gasteiger partial charge is 0.497 e. The van der Waals surface area contributed by atoms with Gasteiger partial charge in [0.15, 0.2) is 6.61 Å². The van der Waals surface area contributed by atoms with Crippen molar-refractivity contribution in [3.8, 4) is 11.5 Å². The monoisotopic (exact) mass is 322 g/mol. The van der Waals surface area contributed by atoms with Gasteiger partial charge in [0.05, 0.1) is 7.11 Å². The maximum absolute atomic E-state index is 12.1. The van der Waals surface area contributed by atoms with E-state index in [0.29, 0.717) is 17.2 Å². The van der Waals surface area contributed by atoms with Crippen molar-refractivity contribution in [1.29, 1.82) is 0 Å². The average molecular weight is 322 g/mol. The van der Waals surface area contributed by atoms with E-state index in [1.807, 2.05) is 49.4 Å². The number of hydrogen-bond acceptors (Lipinski definition) is 4. The molecule has 1 amide bonds. The Balaban J connectivity index is 1.69. The molecule has 3 aromatic rings. The summed E-state index contributed by atoms with van der Waals surface area (Å²) < 4.78 is 10.8. The number of aryl methyl sites for hydroxylation is 1. The van der Waals surface area contributed by atoms with Crippen LogP contribution in [0.4, 0.5) is 5.69 Å². The number of anilines is 1. The summed E-state index contributed by atoms with van der Waals surface area (Å²) in [7, 11) is 1.58. The Labute approximate surface area is 140 Å². The number of hydrogen-bond donors (Lipinski definition) is 1. The van der Waals surface area contributed by atoms with E-state index in [4.69, 9.17) is 9.47 Å². The first kappa shape index (κ1) is 15.8. The van der Waals surface area contributed by atoms with Crippen LogP contribution >= 0.6 is 0 Å². The van der Waals surface area contributed by atoms with Gasteiger partial charge in [-0.2, -0.15) is 0 Å². The average Bonchev–Trinajstić information content (AvgIpc) is 2.60. The van der Waals surface area contributed by atoms with Crippen LogP contribution in [0.5, 0.6) is 11.5 Å². The maximum Gasteiger partial charge on any atom is 0.262 e. The lowest BCUT2D eigenvalue weighted by Gasteiger charge is -2.10. The molecule has 1 heterocycles. The van der Waals surface area contributed by atoms with Crippen molar-refractivity contribution < 1.29 is 14.3 Å². The second-order valence-electron chi connectivity index (χ2n) is 5.35. The molecular weight excluding hydrogens is 304 g/mol. The summed E-state index contributed by atoms with van der Waals surface area (Å²) in [5.41, 5.74) is 2.32. The Morgan fingerprint density at radius 1 is 1.12 bits per heavy atom. The van der Waals surface area contributed by atoms with E-state index in [2.05, 4.69) is 10.3 Å². The molecule has 0 bridgehead atoms. The van der Waals surface area contributed by atoms with E-state index in [1.165, 1.54) is 0 Å². The molecule has 122 valence electrons. The van der Waals surface area contributed by atoms with Crippen LogP contribution in [0.3, 0.4) is 0 Å². The molecule has 0 saturated carbocycles. The molecule has 2 aromatic carbocycles. The lowest BCUT2D eigenvalue weighted by molar-refractivity contribution is -0.118.